The number of ether oxygens (including phenoxy) is 2. The van der Waals surface area contributed by atoms with Gasteiger partial charge < -0.3 is 19.2 Å². The highest BCUT2D eigenvalue weighted by Gasteiger charge is 2.43. The molecule has 1 saturated carbocycles. The third-order valence-electron chi connectivity index (χ3n) is 6.45. The first-order valence-electron chi connectivity index (χ1n) is 10.7. The fourth-order valence-corrected chi connectivity index (χ4v) is 4.91. The van der Waals surface area contributed by atoms with Crippen LogP contribution in [-0.4, -0.2) is 30.4 Å². The summed E-state index contributed by atoms with van der Waals surface area (Å²) in [5.41, 5.74) is 1.65. The summed E-state index contributed by atoms with van der Waals surface area (Å²) in [6.07, 6.45) is 4.24. The van der Waals surface area contributed by atoms with Gasteiger partial charge in [0, 0.05) is 10.9 Å². The van der Waals surface area contributed by atoms with E-state index in [4.69, 9.17) is 13.9 Å². The van der Waals surface area contributed by atoms with Gasteiger partial charge in [-0.05, 0) is 56.9 Å². The smallest absolute Gasteiger partial charge is 0.339 e. The van der Waals surface area contributed by atoms with Crippen molar-refractivity contribution in [2.45, 2.75) is 44.6 Å². The number of Topliss-reactive ketones (excluding diaryl/α,β-unsaturated/α-hetero) is 1. The van der Waals surface area contributed by atoms with Crippen LogP contribution in [0.1, 0.15) is 68.9 Å². The van der Waals surface area contributed by atoms with E-state index in [1.165, 1.54) is 7.11 Å². The fourth-order valence-electron chi connectivity index (χ4n) is 4.91. The van der Waals surface area contributed by atoms with Crippen molar-refractivity contribution in [1.29, 1.82) is 0 Å². The number of para-hydroxylation sites is 1. The third kappa shape index (κ3) is 3.16. The second-order valence-corrected chi connectivity index (χ2v) is 8.45. The summed E-state index contributed by atoms with van der Waals surface area (Å²) in [6, 6.07) is 10.1. The van der Waals surface area contributed by atoms with Gasteiger partial charge in [0.2, 0.25) is 0 Å². The zero-order valence-electron chi connectivity index (χ0n) is 17.9. The average Bonchev–Trinajstić information content (AvgIpc) is 3.37. The van der Waals surface area contributed by atoms with Crippen molar-refractivity contribution in [3.8, 4) is 5.75 Å². The number of fused-ring (bicyclic) bond motifs is 3. The molecule has 3 aromatic rings. The quantitative estimate of drug-likeness (QED) is 0.580. The van der Waals surface area contributed by atoms with Crippen molar-refractivity contribution in [2.75, 3.05) is 12.4 Å². The van der Waals surface area contributed by atoms with E-state index in [-0.39, 0.29) is 17.1 Å². The molecule has 1 fully saturated rings. The molecule has 2 aliphatic rings. The van der Waals surface area contributed by atoms with Gasteiger partial charge in [-0.25, -0.2) is 4.79 Å². The van der Waals surface area contributed by atoms with Gasteiger partial charge in [-0.15, -0.1) is 0 Å². The lowest BCUT2D eigenvalue weighted by Crippen LogP contribution is -2.39. The van der Waals surface area contributed by atoms with E-state index >= 15 is 0 Å². The van der Waals surface area contributed by atoms with Crippen molar-refractivity contribution in [1.82, 2.24) is 0 Å². The van der Waals surface area contributed by atoms with Crippen molar-refractivity contribution in [3.05, 3.63) is 58.8 Å². The van der Waals surface area contributed by atoms with Gasteiger partial charge in [-0.1, -0.05) is 12.1 Å². The molecule has 1 aromatic heterocycles. The lowest BCUT2D eigenvalue weighted by atomic mass is 9.87. The number of furan rings is 1. The zero-order valence-corrected chi connectivity index (χ0v) is 17.9. The second-order valence-electron chi connectivity index (χ2n) is 8.45. The average molecular weight is 433 g/mol. The van der Waals surface area contributed by atoms with Crippen LogP contribution in [0.5, 0.6) is 5.75 Å². The van der Waals surface area contributed by atoms with Crippen molar-refractivity contribution >= 4 is 34.3 Å². The molecule has 0 saturated heterocycles. The second kappa shape index (κ2) is 7.51. The number of ketones is 1. The molecule has 164 valence electrons. The molecule has 7 nitrogen and oxygen atoms in total. The number of carbonyl (C=O) groups is 3. The van der Waals surface area contributed by atoms with Crippen LogP contribution in [-0.2, 0) is 4.74 Å². The molecule has 1 N–H and O–H groups in total. The maximum Gasteiger partial charge on any atom is 0.339 e. The maximum atomic E-state index is 13.2. The first-order valence-corrected chi connectivity index (χ1v) is 10.7. The van der Waals surface area contributed by atoms with E-state index in [0.29, 0.717) is 40.0 Å². The molecule has 0 bridgehead atoms. The molecular formula is C25H23NO6. The number of benzene rings is 2. The van der Waals surface area contributed by atoms with E-state index < -0.39 is 17.5 Å². The Bertz CT molecular complexity index is 1260. The van der Waals surface area contributed by atoms with E-state index in [1.54, 1.807) is 43.3 Å². The Morgan fingerprint density at radius 3 is 2.59 bits per heavy atom. The van der Waals surface area contributed by atoms with Crippen LogP contribution in [0.25, 0.3) is 11.0 Å². The SMILES string of the molecule is COC(=O)c1ccccc1NC(=O)c1oc2ccc3c(c2c1C)C(=O)CC1(CCCC1)O3. The van der Waals surface area contributed by atoms with E-state index in [1.807, 2.05) is 0 Å². The minimum absolute atomic E-state index is 0.0191. The van der Waals surface area contributed by atoms with Gasteiger partial charge in [-0.2, -0.15) is 0 Å². The Labute approximate surface area is 184 Å². The monoisotopic (exact) mass is 433 g/mol. The summed E-state index contributed by atoms with van der Waals surface area (Å²) in [7, 11) is 1.28. The van der Waals surface area contributed by atoms with E-state index in [2.05, 4.69) is 5.32 Å². The molecule has 0 atom stereocenters. The van der Waals surface area contributed by atoms with Crippen molar-refractivity contribution in [2.24, 2.45) is 0 Å². The van der Waals surface area contributed by atoms with Crippen LogP contribution >= 0.6 is 0 Å². The molecule has 0 unspecified atom stereocenters. The van der Waals surface area contributed by atoms with E-state index in [0.717, 1.165) is 25.7 Å². The standard InChI is InChI=1S/C25H23NO6/c1-14-20-18(9-10-19-21(20)17(27)13-25(32-19)11-5-6-12-25)31-22(14)23(28)26-16-8-4-3-7-15(16)24(29)30-2/h3-4,7-10H,5-6,11-13H2,1-2H3,(H,26,28). The molecular weight excluding hydrogens is 410 g/mol. The lowest BCUT2D eigenvalue weighted by molar-refractivity contribution is 0.0453. The van der Waals surface area contributed by atoms with Gasteiger partial charge >= 0.3 is 5.97 Å². The van der Waals surface area contributed by atoms with Gasteiger partial charge in [0.15, 0.2) is 11.5 Å². The van der Waals surface area contributed by atoms with Crippen LogP contribution in [0.15, 0.2) is 40.8 Å². The number of carbonyl (C=O) groups excluding carboxylic acids is 3. The zero-order chi connectivity index (χ0) is 22.5. The molecule has 2 heterocycles. The topological polar surface area (TPSA) is 94.8 Å². The lowest BCUT2D eigenvalue weighted by Gasteiger charge is -2.34. The Hall–Kier alpha value is -3.61. The van der Waals surface area contributed by atoms with Crippen molar-refractivity contribution in [3.63, 3.8) is 0 Å². The minimum Gasteiger partial charge on any atom is -0.486 e. The summed E-state index contributed by atoms with van der Waals surface area (Å²) in [6.45, 7) is 1.75. The molecule has 1 amide bonds. The van der Waals surface area contributed by atoms with Gasteiger partial charge in [0.05, 0.1) is 30.3 Å². The molecule has 1 aliphatic carbocycles. The normalized spacial score (nSPS) is 16.6. The third-order valence-corrected chi connectivity index (χ3v) is 6.45. The fraction of sp³-hybridized carbons (Fsp3) is 0.320. The summed E-state index contributed by atoms with van der Waals surface area (Å²) in [4.78, 5) is 38.2. The Balaban J connectivity index is 1.53. The molecule has 0 radical (unpaired) electrons. The van der Waals surface area contributed by atoms with Crippen LogP contribution in [0, 0.1) is 6.92 Å². The van der Waals surface area contributed by atoms with E-state index in [9.17, 15) is 14.4 Å². The minimum atomic E-state index is -0.556. The van der Waals surface area contributed by atoms with Gasteiger partial charge in [-0.3, -0.25) is 9.59 Å². The number of nitrogens with one attached hydrogen (secondary N) is 1. The van der Waals surface area contributed by atoms with Crippen LogP contribution in [0.4, 0.5) is 5.69 Å². The van der Waals surface area contributed by atoms with Gasteiger partial charge in [0.1, 0.15) is 16.9 Å². The number of amides is 1. The predicted molar refractivity (Wildman–Crippen MR) is 117 cm³/mol. The number of hydrogen-bond donors (Lipinski definition) is 1. The molecule has 5 rings (SSSR count). The Morgan fingerprint density at radius 1 is 1.09 bits per heavy atom. The summed E-state index contributed by atoms with van der Waals surface area (Å²) in [5.74, 6) is -0.407. The first kappa shape index (κ1) is 20.3. The predicted octanol–water partition coefficient (Wildman–Crippen LogP) is 5.06. The number of methoxy groups -OCH3 is 1. The molecule has 32 heavy (non-hydrogen) atoms. The number of anilines is 1. The number of aryl methyl sites for hydroxylation is 1. The molecule has 1 spiro atoms. The van der Waals surface area contributed by atoms with Crippen LogP contribution in [0.3, 0.4) is 0 Å². The summed E-state index contributed by atoms with van der Waals surface area (Å²) in [5, 5.41) is 3.33. The first-order chi connectivity index (χ1) is 15.4. The largest absolute Gasteiger partial charge is 0.486 e. The molecule has 2 aromatic carbocycles. The van der Waals surface area contributed by atoms with Crippen molar-refractivity contribution < 1.29 is 28.3 Å². The summed E-state index contributed by atoms with van der Waals surface area (Å²) < 4.78 is 17.0. The maximum absolute atomic E-state index is 13.2. The van der Waals surface area contributed by atoms with Crippen LogP contribution in [0.2, 0.25) is 0 Å². The highest BCUT2D eigenvalue weighted by Crippen LogP contribution is 2.46. The number of esters is 1. The number of rotatable bonds is 3. The highest BCUT2D eigenvalue weighted by molar-refractivity contribution is 6.15. The Morgan fingerprint density at radius 2 is 1.84 bits per heavy atom. The van der Waals surface area contributed by atoms with Crippen LogP contribution < -0.4 is 10.1 Å². The Kier molecular flexibility index (Phi) is 4.77. The highest BCUT2D eigenvalue weighted by atomic mass is 16.5. The number of hydrogen-bond acceptors (Lipinski definition) is 6. The van der Waals surface area contributed by atoms with Gasteiger partial charge in [0.25, 0.3) is 5.91 Å². The summed E-state index contributed by atoms with van der Waals surface area (Å²) >= 11 is 0. The molecule has 1 aliphatic heterocycles. The molecule has 7 heteroatoms.